The molecule has 2 heterocycles. The van der Waals surface area contributed by atoms with E-state index < -0.39 is 11.7 Å². The van der Waals surface area contributed by atoms with E-state index in [0.29, 0.717) is 18.8 Å². The highest BCUT2D eigenvalue weighted by Gasteiger charge is 2.26. The van der Waals surface area contributed by atoms with Gasteiger partial charge in [-0.05, 0) is 56.9 Å². The molecule has 3 aromatic rings. The number of amides is 2. The number of carbonyl (C=O) groups is 2. The smallest absolute Gasteiger partial charge is 0.407 e. The minimum absolute atomic E-state index is 0.105. The second kappa shape index (κ2) is 9.85. The van der Waals surface area contributed by atoms with E-state index in [2.05, 4.69) is 20.9 Å². The molecule has 7 nitrogen and oxygen atoms in total. The van der Waals surface area contributed by atoms with Crippen LogP contribution in [0.2, 0.25) is 0 Å². The Balaban J connectivity index is 1.38. The maximum Gasteiger partial charge on any atom is 0.407 e. The van der Waals surface area contributed by atoms with Crippen molar-refractivity contribution in [2.24, 2.45) is 5.92 Å². The summed E-state index contributed by atoms with van der Waals surface area (Å²) in [5, 5.41) is 10.2. The monoisotopic (exact) mass is 466 g/mol. The van der Waals surface area contributed by atoms with Crippen LogP contribution in [0.25, 0.3) is 22.0 Å². The molecule has 1 aliphatic heterocycles. The van der Waals surface area contributed by atoms with Crippen molar-refractivity contribution in [3.8, 4) is 11.1 Å². The van der Waals surface area contributed by atoms with Crippen molar-refractivity contribution >= 4 is 22.9 Å². The molecule has 4 N–H and O–H groups in total. The van der Waals surface area contributed by atoms with Crippen molar-refractivity contribution in [1.82, 2.24) is 20.9 Å². The van der Waals surface area contributed by atoms with E-state index >= 15 is 0 Å². The average molecular weight is 467 g/mol. The molecule has 1 aromatic heterocycles. The Morgan fingerprint density at radius 3 is 2.53 bits per heavy atom. The lowest BCUT2D eigenvalue weighted by atomic mass is 10.0. The Bertz CT molecular complexity index is 1170. The number of carbonyl (C=O) groups excluding carboxylic acids is 2. The molecular weight excluding hydrogens is 435 g/mol. The van der Waals surface area contributed by atoms with Gasteiger partial charge in [-0.1, -0.05) is 30.3 Å². The van der Waals surface area contributed by atoms with Crippen LogP contribution in [0, 0.1) is 11.7 Å². The van der Waals surface area contributed by atoms with E-state index in [0.717, 1.165) is 35.0 Å². The molecule has 0 bridgehead atoms. The van der Waals surface area contributed by atoms with Gasteiger partial charge >= 0.3 is 6.09 Å². The van der Waals surface area contributed by atoms with E-state index in [1.54, 1.807) is 12.1 Å². The number of rotatable bonds is 6. The van der Waals surface area contributed by atoms with Crippen LogP contribution in [0.5, 0.6) is 0 Å². The third-order valence-corrected chi connectivity index (χ3v) is 5.82. The second-order valence-electron chi connectivity index (χ2n) is 9.73. The van der Waals surface area contributed by atoms with E-state index in [1.807, 2.05) is 45.0 Å². The number of alkyl carbamates (subject to hydrolysis) is 1. The van der Waals surface area contributed by atoms with E-state index in [1.165, 1.54) is 12.1 Å². The average Bonchev–Trinajstić information content (AvgIpc) is 3.40. The molecule has 1 aliphatic rings. The summed E-state index contributed by atoms with van der Waals surface area (Å²) < 4.78 is 18.8. The first kappa shape index (κ1) is 23.8. The molecule has 2 aromatic carbocycles. The first-order chi connectivity index (χ1) is 16.2. The summed E-state index contributed by atoms with van der Waals surface area (Å²) in [6.45, 7) is 7.22. The third kappa shape index (κ3) is 5.75. The van der Waals surface area contributed by atoms with Gasteiger partial charge in [-0.2, -0.15) is 0 Å². The second-order valence-corrected chi connectivity index (χ2v) is 9.73. The van der Waals surface area contributed by atoms with Gasteiger partial charge in [0, 0.05) is 42.1 Å². The quantitative estimate of drug-likeness (QED) is 0.438. The Morgan fingerprint density at radius 2 is 1.79 bits per heavy atom. The number of benzene rings is 2. The van der Waals surface area contributed by atoms with Crippen molar-refractivity contribution in [3.05, 3.63) is 60.0 Å². The topological polar surface area (TPSA) is 95.2 Å². The van der Waals surface area contributed by atoms with Gasteiger partial charge in [0.15, 0.2) is 0 Å². The lowest BCUT2D eigenvalue weighted by molar-refractivity contribution is 0.0520. The fraction of sp³-hybridized carbons (Fsp3) is 0.385. The highest BCUT2D eigenvalue weighted by Crippen LogP contribution is 2.32. The van der Waals surface area contributed by atoms with Gasteiger partial charge in [0.1, 0.15) is 17.1 Å². The number of para-hydroxylation sites is 1. The van der Waals surface area contributed by atoms with Gasteiger partial charge in [-0.15, -0.1) is 0 Å². The van der Waals surface area contributed by atoms with E-state index in [9.17, 15) is 14.0 Å². The van der Waals surface area contributed by atoms with E-state index in [4.69, 9.17) is 4.74 Å². The number of ether oxygens (including phenoxy) is 1. The standard InChI is InChI=1S/C26H31FN4O3/c1-26(2,3)34-25(33)30-14-16-12-19(28-13-16)15-29-24(32)23-22(17-8-10-18(27)11-9-17)20-6-4-5-7-21(20)31-23/h4-11,16,19,28,31H,12-15H2,1-3H3,(H,29,32)(H,30,33)/t16-,19-/m0/s1. The molecule has 0 unspecified atom stereocenters. The van der Waals surface area contributed by atoms with Crippen molar-refractivity contribution in [1.29, 1.82) is 0 Å². The molecule has 0 spiro atoms. The molecule has 0 aliphatic carbocycles. The minimum Gasteiger partial charge on any atom is -0.444 e. The minimum atomic E-state index is -0.528. The first-order valence-electron chi connectivity index (χ1n) is 11.5. The number of aromatic nitrogens is 1. The molecule has 180 valence electrons. The predicted octanol–water partition coefficient (Wildman–Crippen LogP) is 4.21. The molecule has 34 heavy (non-hydrogen) atoms. The van der Waals surface area contributed by atoms with Gasteiger partial charge in [-0.3, -0.25) is 4.79 Å². The van der Waals surface area contributed by atoms with Gasteiger partial charge in [0.2, 0.25) is 0 Å². The van der Waals surface area contributed by atoms with Gasteiger partial charge in [-0.25, -0.2) is 9.18 Å². The fourth-order valence-corrected chi connectivity index (χ4v) is 4.29. The zero-order valence-electron chi connectivity index (χ0n) is 19.7. The predicted molar refractivity (Wildman–Crippen MR) is 130 cm³/mol. The van der Waals surface area contributed by atoms with Crippen LogP contribution in [0.3, 0.4) is 0 Å². The molecule has 1 fully saturated rings. The number of H-pyrrole nitrogens is 1. The number of halogens is 1. The molecule has 2 atom stereocenters. The fourth-order valence-electron chi connectivity index (χ4n) is 4.29. The third-order valence-electron chi connectivity index (χ3n) is 5.82. The van der Waals surface area contributed by atoms with Crippen LogP contribution in [0.15, 0.2) is 48.5 Å². The molecule has 8 heteroatoms. The summed E-state index contributed by atoms with van der Waals surface area (Å²) in [4.78, 5) is 28.2. The summed E-state index contributed by atoms with van der Waals surface area (Å²) in [7, 11) is 0. The summed E-state index contributed by atoms with van der Waals surface area (Å²) in [5.74, 6) is -0.275. The van der Waals surface area contributed by atoms with Gasteiger partial charge < -0.3 is 25.7 Å². The summed E-state index contributed by atoms with van der Waals surface area (Å²) >= 11 is 0. The number of aromatic amines is 1. The molecule has 0 radical (unpaired) electrons. The SMILES string of the molecule is CC(C)(C)OC(=O)NC[C@@H]1CN[C@H](CNC(=O)c2[nH]c3ccccc3c2-c2ccc(F)cc2)C1. The molecular formula is C26H31FN4O3. The maximum atomic E-state index is 13.5. The maximum absolute atomic E-state index is 13.5. The molecule has 1 saturated heterocycles. The summed E-state index contributed by atoms with van der Waals surface area (Å²) in [6.07, 6.45) is 0.407. The Kier molecular flexibility index (Phi) is 6.88. The number of fused-ring (bicyclic) bond motifs is 1. The van der Waals surface area contributed by atoms with Crippen LogP contribution in [-0.4, -0.2) is 48.3 Å². The lowest BCUT2D eigenvalue weighted by Crippen LogP contribution is -2.37. The summed E-state index contributed by atoms with van der Waals surface area (Å²) in [5.41, 5.74) is 2.30. The Labute approximate surface area is 198 Å². The lowest BCUT2D eigenvalue weighted by Gasteiger charge is -2.20. The van der Waals surface area contributed by atoms with Crippen LogP contribution in [-0.2, 0) is 4.74 Å². The molecule has 2 amide bonds. The van der Waals surface area contributed by atoms with Crippen LogP contribution in [0.1, 0.15) is 37.7 Å². The van der Waals surface area contributed by atoms with Crippen molar-refractivity contribution in [3.63, 3.8) is 0 Å². The normalized spacial score (nSPS) is 18.1. The van der Waals surface area contributed by atoms with Crippen molar-refractivity contribution in [2.75, 3.05) is 19.6 Å². The van der Waals surface area contributed by atoms with Crippen molar-refractivity contribution < 1.29 is 18.7 Å². The zero-order valence-corrected chi connectivity index (χ0v) is 19.7. The highest BCUT2D eigenvalue weighted by atomic mass is 19.1. The van der Waals surface area contributed by atoms with Crippen LogP contribution < -0.4 is 16.0 Å². The van der Waals surface area contributed by atoms with Crippen LogP contribution >= 0.6 is 0 Å². The number of hydrogen-bond donors (Lipinski definition) is 4. The zero-order chi connectivity index (χ0) is 24.3. The van der Waals surface area contributed by atoms with Gasteiger partial charge in [0.25, 0.3) is 5.91 Å². The molecule has 0 saturated carbocycles. The van der Waals surface area contributed by atoms with Crippen molar-refractivity contribution in [2.45, 2.75) is 38.8 Å². The Hall–Kier alpha value is -3.39. The molecule has 4 rings (SSSR count). The summed E-state index contributed by atoms with van der Waals surface area (Å²) in [6, 6.07) is 13.9. The number of nitrogens with one attached hydrogen (secondary N) is 4. The Morgan fingerprint density at radius 1 is 1.06 bits per heavy atom. The highest BCUT2D eigenvalue weighted by molar-refractivity contribution is 6.09. The first-order valence-corrected chi connectivity index (χ1v) is 11.5. The number of hydrogen-bond acceptors (Lipinski definition) is 4. The van der Waals surface area contributed by atoms with Gasteiger partial charge in [0.05, 0.1) is 0 Å². The largest absolute Gasteiger partial charge is 0.444 e. The van der Waals surface area contributed by atoms with Crippen LogP contribution in [0.4, 0.5) is 9.18 Å². The van der Waals surface area contributed by atoms with E-state index in [-0.39, 0.29) is 23.7 Å².